The Labute approximate surface area is 218 Å². The fourth-order valence-corrected chi connectivity index (χ4v) is 4.26. The van der Waals surface area contributed by atoms with E-state index in [1.54, 1.807) is 41.8 Å². The lowest BCUT2D eigenvalue weighted by atomic mass is 10.0. The van der Waals surface area contributed by atoms with Crippen molar-refractivity contribution >= 4 is 0 Å². The van der Waals surface area contributed by atoms with Gasteiger partial charge in [-0.1, -0.05) is 53.2 Å². The van der Waals surface area contributed by atoms with E-state index < -0.39 is 30.0 Å². The second-order valence-corrected chi connectivity index (χ2v) is 8.97. The molecule has 39 heavy (non-hydrogen) atoms. The van der Waals surface area contributed by atoms with Crippen LogP contribution in [0, 0.1) is 13.8 Å². The number of hydrogen-bond donors (Lipinski definition) is 0. The van der Waals surface area contributed by atoms with E-state index in [4.69, 9.17) is 0 Å². The fraction of sp³-hybridized carbons (Fsp3) is 0.185. The van der Waals surface area contributed by atoms with E-state index in [9.17, 15) is 26.3 Å². The molecule has 0 aliphatic heterocycles. The lowest BCUT2D eigenvalue weighted by molar-refractivity contribution is -0.143. The summed E-state index contributed by atoms with van der Waals surface area (Å²) in [4.78, 5) is 0. The first-order chi connectivity index (χ1) is 18.4. The predicted molar refractivity (Wildman–Crippen MR) is 131 cm³/mol. The highest BCUT2D eigenvalue weighted by Gasteiger charge is 2.37. The zero-order valence-electron chi connectivity index (χ0n) is 20.6. The van der Waals surface area contributed by atoms with E-state index in [0.717, 1.165) is 11.3 Å². The average molecular weight is 542 g/mol. The third kappa shape index (κ3) is 5.27. The second-order valence-electron chi connectivity index (χ2n) is 8.97. The smallest absolute Gasteiger partial charge is 0.278 e. The standard InChI is InChI=1S/C27H20F6N6/c1-16-8-10-22(11-9-16)39-17(2)34-36-25(39)23-24(19-6-4-3-5-7-19)38(37-35-23)15-18-12-20(26(28,29)30)14-21(13-18)27(31,32)33/h3-14H,15H2,1-2H3. The van der Waals surface area contributed by atoms with Crippen LogP contribution in [0.2, 0.25) is 0 Å². The van der Waals surface area contributed by atoms with E-state index in [-0.39, 0.29) is 17.3 Å². The summed E-state index contributed by atoms with van der Waals surface area (Å²) in [6, 6.07) is 17.8. The molecule has 5 aromatic rings. The number of rotatable bonds is 5. The Morgan fingerprint density at radius 3 is 1.92 bits per heavy atom. The van der Waals surface area contributed by atoms with Crippen molar-refractivity contribution in [2.24, 2.45) is 0 Å². The molecule has 12 heteroatoms. The van der Waals surface area contributed by atoms with Gasteiger partial charge in [0.05, 0.1) is 17.7 Å². The Kier molecular flexibility index (Phi) is 6.49. The number of aromatic nitrogens is 6. The van der Waals surface area contributed by atoms with Crippen LogP contribution in [0.1, 0.15) is 28.1 Å². The molecule has 0 aliphatic carbocycles. The summed E-state index contributed by atoms with van der Waals surface area (Å²) in [5.74, 6) is 0.872. The molecule has 0 saturated carbocycles. The summed E-state index contributed by atoms with van der Waals surface area (Å²) in [6.45, 7) is 3.30. The SMILES string of the molecule is Cc1ccc(-n2c(C)nnc2-c2nnn(Cc3cc(C(F)(F)F)cc(C(F)(F)F)c3)c2-c2ccccc2)cc1. The summed E-state index contributed by atoms with van der Waals surface area (Å²) in [5, 5.41) is 16.9. The van der Waals surface area contributed by atoms with Crippen LogP contribution in [0.25, 0.3) is 28.5 Å². The van der Waals surface area contributed by atoms with Gasteiger partial charge in [0.15, 0.2) is 11.5 Å². The Morgan fingerprint density at radius 1 is 0.718 bits per heavy atom. The minimum Gasteiger partial charge on any atom is -0.278 e. The Bertz CT molecular complexity index is 1580. The molecule has 5 rings (SSSR count). The number of alkyl halides is 6. The van der Waals surface area contributed by atoms with Gasteiger partial charge in [-0.15, -0.1) is 15.3 Å². The van der Waals surface area contributed by atoms with Gasteiger partial charge in [0.2, 0.25) is 0 Å². The number of hydrogen-bond acceptors (Lipinski definition) is 4. The van der Waals surface area contributed by atoms with Crippen LogP contribution >= 0.6 is 0 Å². The van der Waals surface area contributed by atoms with E-state index >= 15 is 0 Å². The minimum atomic E-state index is -4.96. The lowest BCUT2D eigenvalue weighted by Gasteiger charge is -2.15. The molecule has 0 spiro atoms. The summed E-state index contributed by atoms with van der Waals surface area (Å²) >= 11 is 0. The maximum atomic E-state index is 13.5. The highest BCUT2D eigenvalue weighted by molar-refractivity contribution is 5.75. The largest absolute Gasteiger partial charge is 0.416 e. The van der Waals surface area contributed by atoms with Crippen LogP contribution in [0.3, 0.4) is 0 Å². The molecule has 0 saturated heterocycles. The van der Waals surface area contributed by atoms with Gasteiger partial charge in [-0.05, 0) is 49.7 Å². The van der Waals surface area contributed by atoms with Crippen LogP contribution < -0.4 is 0 Å². The maximum absolute atomic E-state index is 13.5. The molecule has 0 aliphatic rings. The molecular weight excluding hydrogens is 522 g/mol. The van der Waals surface area contributed by atoms with Gasteiger partial charge in [0.25, 0.3) is 0 Å². The monoisotopic (exact) mass is 542 g/mol. The van der Waals surface area contributed by atoms with Crippen LogP contribution in [0.15, 0.2) is 72.8 Å². The third-order valence-corrected chi connectivity index (χ3v) is 6.09. The van der Waals surface area contributed by atoms with E-state index in [1.165, 1.54) is 4.68 Å². The van der Waals surface area contributed by atoms with Crippen molar-refractivity contribution in [3.05, 3.63) is 101 Å². The van der Waals surface area contributed by atoms with Crippen molar-refractivity contribution in [1.29, 1.82) is 0 Å². The van der Waals surface area contributed by atoms with Crippen molar-refractivity contribution in [2.45, 2.75) is 32.7 Å². The molecular formula is C27H20F6N6. The predicted octanol–water partition coefficient (Wildman–Crippen LogP) is 6.90. The van der Waals surface area contributed by atoms with Crippen LogP contribution in [-0.4, -0.2) is 29.8 Å². The summed E-state index contributed by atoms with van der Waals surface area (Å²) < 4.78 is 83.8. The van der Waals surface area contributed by atoms with Crippen molar-refractivity contribution < 1.29 is 26.3 Å². The zero-order valence-corrected chi connectivity index (χ0v) is 20.6. The summed E-state index contributed by atoms with van der Waals surface area (Å²) in [5.41, 5.74) is -0.0146. The molecule has 3 aromatic carbocycles. The molecule has 0 amide bonds. The zero-order chi connectivity index (χ0) is 27.9. The minimum absolute atomic E-state index is 0.0984. The number of aryl methyl sites for hydroxylation is 2. The summed E-state index contributed by atoms with van der Waals surface area (Å²) in [6.07, 6.45) is -9.93. The molecule has 6 nitrogen and oxygen atoms in total. The third-order valence-electron chi connectivity index (χ3n) is 6.09. The summed E-state index contributed by atoms with van der Waals surface area (Å²) in [7, 11) is 0. The van der Waals surface area contributed by atoms with Gasteiger partial charge in [0, 0.05) is 11.3 Å². The normalized spacial score (nSPS) is 12.2. The van der Waals surface area contributed by atoms with Gasteiger partial charge in [-0.3, -0.25) is 4.57 Å². The van der Waals surface area contributed by atoms with Crippen LogP contribution in [0.4, 0.5) is 26.3 Å². The van der Waals surface area contributed by atoms with Gasteiger partial charge >= 0.3 is 12.4 Å². The van der Waals surface area contributed by atoms with Gasteiger partial charge < -0.3 is 0 Å². The van der Waals surface area contributed by atoms with Crippen molar-refractivity contribution in [2.75, 3.05) is 0 Å². The van der Waals surface area contributed by atoms with Crippen molar-refractivity contribution in [1.82, 2.24) is 29.8 Å². The van der Waals surface area contributed by atoms with Gasteiger partial charge in [0.1, 0.15) is 11.5 Å². The first-order valence-electron chi connectivity index (χ1n) is 11.7. The molecule has 0 bridgehead atoms. The van der Waals surface area contributed by atoms with Crippen LogP contribution in [-0.2, 0) is 18.9 Å². The molecule has 0 unspecified atom stereocenters. The van der Waals surface area contributed by atoms with E-state index in [1.807, 2.05) is 31.2 Å². The van der Waals surface area contributed by atoms with Crippen LogP contribution in [0.5, 0.6) is 0 Å². The van der Waals surface area contributed by atoms with Gasteiger partial charge in [-0.25, -0.2) is 4.68 Å². The van der Waals surface area contributed by atoms with E-state index in [2.05, 4.69) is 20.5 Å². The highest BCUT2D eigenvalue weighted by Crippen LogP contribution is 2.37. The number of nitrogens with zero attached hydrogens (tertiary/aromatic N) is 6. The first-order valence-corrected chi connectivity index (χ1v) is 11.7. The fourth-order valence-electron chi connectivity index (χ4n) is 4.26. The van der Waals surface area contributed by atoms with Gasteiger partial charge in [-0.2, -0.15) is 26.3 Å². The second kappa shape index (κ2) is 9.68. The topological polar surface area (TPSA) is 61.4 Å². The quantitative estimate of drug-likeness (QED) is 0.227. The lowest BCUT2D eigenvalue weighted by Crippen LogP contribution is -2.13. The van der Waals surface area contributed by atoms with Crippen molar-refractivity contribution in [3.63, 3.8) is 0 Å². The Hall–Kier alpha value is -4.48. The first kappa shape index (κ1) is 26.1. The average Bonchev–Trinajstić information content (AvgIpc) is 3.47. The molecule has 0 atom stereocenters. The number of halogens is 6. The Morgan fingerprint density at radius 2 is 1.33 bits per heavy atom. The molecule has 200 valence electrons. The maximum Gasteiger partial charge on any atom is 0.416 e. The Balaban J connectivity index is 1.67. The molecule has 0 fully saturated rings. The molecule has 0 radical (unpaired) electrons. The highest BCUT2D eigenvalue weighted by atomic mass is 19.4. The number of benzene rings is 3. The van der Waals surface area contributed by atoms with E-state index in [0.29, 0.717) is 35.0 Å². The molecule has 0 N–H and O–H groups in total. The van der Waals surface area contributed by atoms with Crippen molar-refractivity contribution in [3.8, 4) is 28.5 Å². The molecule has 2 heterocycles. The molecule has 2 aromatic heterocycles.